The largest absolute Gasteiger partial charge is 0.416 e. The number of hydrogen-bond acceptors (Lipinski definition) is 10. The van der Waals surface area contributed by atoms with E-state index in [0.29, 0.717) is 29.8 Å². The molecule has 2 aromatic heterocycles. The molecule has 3 aromatic carbocycles. The van der Waals surface area contributed by atoms with Crippen LogP contribution >= 0.6 is 0 Å². The van der Waals surface area contributed by atoms with Crippen molar-refractivity contribution in [3.63, 3.8) is 0 Å². The Hall–Kier alpha value is -7.33. The van der Waals surface area contributed by atoms with Gasteiger partial charge in [-0.1, -0.05) is 0 Å². The summed E-state index contributed by atoms with van der Waals surface area (Å²) in [5.41, 5.74) is 5.82. The average Bonchev–Trinajstić information content (AvgIpc) is 3.12. The maximum Gasteiger partial charge on any atom is 0.416 e. The molecule has 0 bridgehead atoms. The minimum Gasteiger partial charge on any atom is -0.397 e. The van der Waals surface area contributed by atoms with Gasteiger partial charge in [-0.05, 0) is 66.7 Å². The van der Waals surface area contributed by atoms with Gasteiger partial charge in [0, 0.05) is 48.0 Å². The number of benzene rings is 3. The van der Waals surface area contributed by atoms with Gasteiger partial charge in [0.2, 0.25) is 0 Å². The van der Waals surface area contributed by atoms with E-state index in [9.17, 15) is 69.3 Å². The SMILES string of the molecule is Nc1cc(C(F)(F)F)ccc1NC(=O)c1ccncc1.Nc1ccc(C(F)(F)F)cc1[N+](=O)[O-].O=C(Nc1ccc(C(F)(F)F)cc1[N+](=O)[O-])c1ccncc1. The molecule has 5 rings (SSSR count). The van der Waals surface area contributed by atoms with Crippen LogP contribution < -0.4 is 22.1 Å². The fourth-order valence-electron chi connectivity index (χ4n) is 4.09. The highest BCUT2D eigenvalue weighted by Crippen LogP contribution is 2.36. The summed E-state index contributed by atoms with van der Waals surface area (Å²) in [6, 6.07) is 12.3. The fraction of sp³-hybridized carbons (Fsp3) is 0.0909. The maximum absolute atomic E-state index is 12.6. The normalized spacial score (nSPS) is 11.2. The zero-order valence-electron chi connectivity index (χ0n) is 27.6. The summed E-state index contributed by atoms with van der Waals surface area (Å²) in [4.78, 5) is 50.4. The number of halogens is 9. The minimum absolute atomic E-state index is 0.125. The van der Waals surface area contributed by atoms with E-state index in [0.717, 1.165) is 30.3 Å². The molecule has 2 amide bonds. The number of anilines is 4. The molecule has 0 aliphatic heterocycles. The Morgan fingerprint density at radius 3 is 1.27 bits per heavy atom. The molecule has 0 fully saturated rings. The number of rotatable bonds is 6. The lowest BCUT2D eigenvalue weighted by molar-refractivity contribution is -0.384. The maximum atomic E-state index is 12.6. The zero-order valence-corrected chi connectivity index (χ0v) is 27.6. The lowest BCUT2D eigenvalue weighted by Crippen LogP contribution is -2.14. The van der Waals surface area contributed by atoms with Crippen molar-refractivity contribution in [3.05, 3.63) is 152 Å². The fourth-order valence-corrected chi connectivity index (χ4v) is 4.09. The highest BCUT2D eigenvalue weighted by atomic mass is 19.4. The molecule has 0 saturated carbocycles. The zero-order chi connectivity index (χ0) is 42.0. The van der Waals surface area contributed by atoms with E-state index in [-0.39, 0.29) is 28.3 Å². The standard InChI is InChI=1S/C13H8F3N3O3.C13H10F3N3O.C7H5F3N2O2/c14-13(15,16)9-1-2-10(11(7-9)19(21)22)18-12(20)8-3-5-17-6-4-8;14-13(15,16)9-1-2-11(10(17)7-9)19-12(20)8-3-5-18-6-4-8;8-7(9,10)4-1-2-5(11)6(3-4)12(13)14/h1-7H,(H,18,20);1-7H,17H2,(H,19,20);1-3H,11H2. The monoisotopic (exact) mass is 798 g/mol. The second-order valence-electron chi connectivity index (χ2n) is 10.7. The first-order chi connectivity index (χ1) is 26.0. The van der Waals surface area contributed by atoms with Crippen molar-refractivity contribution in [3.8, 4) is 0 Å². The number of pyridine rings is 2. The third-order valence-corrected chi connectivity index (χ3v) is 6.84. The molecule has 6 N–H and O–H groups in total. The van der Waals surface area contributed by atoms with E-state index in [2.05, 4.69) is 20.6 Å². The van der Waals surface area contributed by atoms with Crippen molar-refractivity contribution < 1.29 is 58.9 Å². The van der Waals surface area contributed by atoms with E-state index < -0.39 is 68.3 Å². The Balaban J connectivity index is 0.000000231. The number of nitro benzene ring substituents is 2. The third kappa shape index (κ3) is 12.1. The molecule has 23 heteroatoms. The first kappa shape index (κ1) is 43.1. The Morgan fingerprint density at radius 1 is 0.518 bits per heavy atom. The molecule has 0 saturated heterocycles. The second-order valence-corrected chi connectivity index (χ2v) is 10.7. The first-order valence-corrected chi connectivity index (χ1v) is 14.8. The molecule has 14 nitrogen and oxygen atoms in total. The number of nitrogen functional groups attached to an aromatic ring is 2. The average molecular weight is 799 g/mol. The van der Waals surface area contributed by atoms with Crippen LogP contribution in [0.4, 0.5) is 73.6 Å². The summed E-state index contributed by atoms with van der Waals surface area (Å²) >= 11 is 0. The second kappa shape index (κ2) is 17.7. The van der Waals surface area contributed by atoms with Gasteiger partial charge in [0.05, 0.1) is 37.9 Å². The van der Waals surface area contributed by atoms with E-state index in [1.807, 2.05) is 0 Å². The number of nitro groups is 2. The van der Waals surface area contributed by atoms with E-state index in [1.165, 1.54) is 49.1 Å². The van der Waals surface area contributed by atoms with Crippen LogP contribution in [-0.4, -0.2) is 31.6 Å². The van der Waals surface area contributed by atoms with E-state index in [4.69, 9.17) is 11.5 Å². The minimum atomic E-state index is -4.71. The van der Waals surface area contributed by atoms with Crippen molar-refractivity contribution in [2.24, 2.45) is 0 Å². The van der Waals surface area contributed by atoms with E-state index in [1.54, 1.807) is 0 Å². The van der Waals surface area contributed by atoms with Crippen molar-refractivity contribution in [1.82, 2.24) is 9.97 Å². The van der Waals surface area contributed by atoms with Crippen LogP contribution in [0.5, 0.6) is 0 Å². The van der Waals surface area contributed by atoms with Gasteiger partial charge >= 0.3 is 18.5 Å². The highest BCUT2D eigenvalue weighted by Gasteiger charge is 2.34. The van der Waals surface area contributed by atoms with E-state index >= 15 is 0 Å². The Kier molecular flexibility index (Phi) is 13.6. The van der Waals surface area contributed by atoms with Gasteiger partial charge in [-0.25, -0.2) is 0 Å². The first-order valence-electron chi connectivity index (χ1n) is 14.8. The number of aromatic nitrogens is 2. The molecule has 294 valence electrons. The van der Waals surface area contributed by atoms with Crippen LogP contribution in [-0.2, 0) is 18.5 Å². The predicted octanol–water partition coefficient (Wildman–Crippen LogP) is 8.39. The quantitative estimate of drug-likeness (QED) is 0.0556. The van der Waals surface area contributed by atoms with Crippen LogP contribution in [0.2, 0.25) is 0 Å². The lowest BCUT2D eigenvalue weighted by Gasteiger charge is -2.11. The number of carbonyl (C=O) groups excluding carboxylic acids is 2. The Bertz CT molecular complexity index is 2200. The summed E-state index contributed by atoms with van der Waals surface area (Å²) in [5, 5.41) is 25.8. The summed E-state index contributed by atoms with van der Waals surface area (Å²) in [6.07, 6.45) is -8.22. The van der Waals surface area contributed by atoms with Crippen LogP contribution in [0.3, 0.4) is 0 Å². The van der Waals surface area contributed by atoms with Crippen LogP contribution in [0, 0.1) is 20.2 Å². The molecule has 0 spiro atoms. The number of carbonyl (C=O) groups is 2. The Labute approximate surface area is 307 Å². The summed E-state index contributed by atoms with van der Waals surface area (Å²) < 4.78 is 111. The molecular formula is C33H23F9N8O6. The van der Waals surface area contributed by atoms with Crippen molar-refractivity contribution in [2.75, 3.05) is 22.1 Å². The van der Waals surface area contributed by atoms with Gasteiger partial charge in [-0.2, -0.15) is 39.5 Å². The van der Waals surface area contributed by atoms with Crippen molar-refractivity contribution >= 4 is 45.9 Å². The van der Waals surface area contributed by atoms with Crippen LogP contribution in [0.1, 0.15) is 37.4 Å². The molecule has 0 aliphatic rings. The van der Waals surface area contributed by atoms with Gasteiger partial charge in [0.15, 0.2) is 0 Å². The highest BCUT2D eigenvalue weighted by molar-refractivity contribution is 6.06. The third-order valence-electron chi connectivity index (χ3n) is 6.84. The number of amides is 2. The number of nitrogens with zero attached hydrogens (tertiary/aromatic N) is 4. The summed E-state index contributed by atoms with van der Waals surface area (Å²) in [5.74, 6) is -1.16. The van der Waals surface area contributed by atoms with Gasteiger partial charge < -0.3 is 22.1 Å². The number of nitrogens with one attached hydrogen (secondary N) is 2. The lowest BCUT2D eigenvalue weighted by atomic mass is 10.1. The number of nitrogens with two attached hydrogens (primary N) is 2. The molecule has 0 radical (unpaired) electrons. The molecule has 0 atom stereocenters. The van der Waals surface area contributed by atoms with Crippen molar-refractivity contribution in [1.29, 1.82) is 0 Å². The smallest absolute Gasteiger partial charge is 0.397 e. The van der Waals surface area contributed by atoms with Crippen LogP contribution in [0.25, 0.3) is 0 Å². The molecule has 56 heavy (non-hydrogen) atoms. The molecule has 0 unspecified atom stereocenters. The molecule has 2 heterocycles. The molecular weight excluding hydrogens is 775 g/mol. The predicted molar refractivity (Wildman–Crippen MR) is 181 cm³/mol. The van der Waals surface area contributed by atoms with Crippen LogP contribution in [0.15, 0.2) is 104 Å². The molecule has 5 aromatic rings. The topological polar surface area (TPSA) is 222 Å². The van der Waals surface area contributed by atoms with Gasteiger partial charge in [0.1, 0.15) is 11.4 Å². The molecule has 0 aliphatic carbocycles. The van der Waals surface area contributed by atoms with Gasteiger partial charge in [0.25, 0.3) is 23.2 Å². The van der Waals surface area contributed by atoms with Gasteiger partial charge in [-0.3, -0.25) is 39.8 Å². The van der Waals surface area contributed by atoms with Gasteiger partial charge in [-0.15, -0.1) is 0 Å². The van der Waals surface area contributed by atoms with Crippen molar-refractivity contribution in [2.45, 2.75) is 18.5 Å². The summed E-state index contributed by atoms with van der Waals surface area (Å²) in [6.45, 7) is 0. The summed E-state index contributed by atoms with van der Waals surface area (Å²) in [7, 11) is 0. The Morgan fingerprint density at radius 2 is 0.875 bits per heavy atom. The number of alkyl halides is 9. The number of hydrogen-bond donors (Lipinski definition) is 4.